The number of carbonyl (C=O) groups excluding carboxylic acids is 1. The Morgan fingerprint density at radius 2 is 2.00 bits per heavy atom. The van der Waals surface area contributed by atoms with E-state index in [0.717, 1.165) is 12.0 Å². The standard InChI is InChI=1S/C13H18O3/c1-3-11(2)16-13(14)10-15-9-12-7-5-4-6-8-12/h4-8,11H,3,9-10H2,1-2H3. The van der Waals surface area contributed by atoms with Crippen LogP contribution in [0.1, 0.15) is 25.8 Å². The first kappa shape index (κ1) is 12.7. The van der Waals surface area contributed by atoms with Crippen molar-refractivity contribution in [2.75, 3.05) is 6.61 Å². The maximum atomic E-state index is 11.3. The van der Waals surface area contributed by atoms with Crippen LogP contribution in [0, 0.1) is 0 Å². The fraction of sp³-hybridized carbons (Fsp3) is 0.462. The summed E-state index contributed by atoms with van der Waals surface area (Å²) >= 11 is 0. The van der Waals surface area contributed by atoms with Crippen LogP contribution in [0.15, 0.2) is 30.3 Å². The second kappa shape index (κ2) is 7.01. The predicted molar refractivity (Wildman–Crippen MR) is 61.9 cm³/mol. The number of hydrogen-bond acceptors (Lipinski definition) is 3. The van der Waals surface area contributed by atoms with Gasteiger partial charge in [0.05, 0.1) is 12.7 Å². The molecule has 1 atom stereocenters. The van der Waals surface area contributed by atoms with Crippen LogP contribution in [0.25, 0.3) is 0 Å². The van der Waals surface area contributed by atoms with Gasteiger partial charge in [-0.1, -0.05) is 37.3 Å². The van der Waals surface area contributed by atoms with E-state index in [4.69, 9.17) is 9.47 Å². The Morgan fingerprint density at radius 3 is 2.62 bits per heavy atom. The molecule has 0 amide bonds. The summed E-state index contributed by atoms with van der Waals surface area (Å²) in [6.45, 7) is 4.30. The molecule has 1 aromatic carbocycles. The van der Waals surface area contributed by atoms with Crippen molar-refractivity contribution in [1.82, 2.24) is 0 Å². The third-order valence-corrected chi connectivity index (χ3v) is 2.24. The molecule has 0 spiro atoms. The van der Waals surface area contributed by atoms with E-state index in [1.165, 1.54) is 0 Å². The molecule has 1 unspecified atom stereocenters. The predicted octanol–water partition coefficient (Wildman–Crippen LogP) is 2.54. The topological polar surface area (TPSA) is 35.5 Å². The summed E-state index contributed by atoms with van der Waals surface area (Å²) < 4.78 is 10.3. The largest absolute Gasteiger partial charge is 0.461 e. The molecule has 0 aromatic heterocycles. The fourth-order valence-electron chi connectivity index (χ4n) is 1.17. The highest BCUT2D eigenvalue weighted by atomic mass is 16.6. The maximum absolute atomic E-state index is 11.3. The van der Waals surface area contributed by atoms with E-state index in [2.05, 4.69) is 0 Å². The Bertz CT molecular complexity index is 308. The van der Waals surface area contributed by atoms with Crippen molar-refractivity contribution < 1.29 is 14.3 Å². The second-order valence-corrected chi connectivity index (χ2v) is 3.69. The first-order chi connectivity index (χ1) is 7.72. The van der Waals surface area contributed by atoms with Gasteiger partial charge in [-0.3, -0.25) is 0 Å². The summed E-state index contributed by atoms with van der Waals surface area (Å²) in [7, 11) is 0. The van der Waals surface area contributed by atoms with Crippen molar-refractivity contribution in [2.45, 2.75) is 33.0 Å². The minimum atomic E-state index is -0.301. The molecule has 0 saturated carbocycles. The van der Waals surface area contributed by atoms with Crippen LogP contribution in [-0.4, -0.2) is 18.7 Å². The van der Waals surface area contributed by atoms with Gasteiger partial charge in [-0.2, -0.15) is 0 Å². The molecule has 1 aromatic rings. The molecule has 0 heterocycles. The van der Waals surface area contributed by atoms with Gasteiger partial charge in [0.15, 0.2) is 0 Å². The third kappa shape index (κ3) is 4.94. The lowest BCUT2D eigenvalue weighted by Gasteiger charge is -2.10. The van der Waals surface area contributed by atoms with Crippen LogP contribution in [0.2, 0.25) is 0 Å². The van der Waals surface area contributed by atoms with Gasteiger partial charge in [0.1, 0.15) is 6.61 Å². The van der Waals surface area contributed by atoms with Crippen LogP contribution >= 0.6 is 0 Å². The first-order valence-electron chi connectivity index (χ1n) is 5.53. The molecule has 88 valence electrons. The van der Waals surface area contributed by atoms with Gasteiger partial charge < -0.3 is 9.47 Å². The Kier molecular flexibility index (Phi) is 5.57. The van der Waals surface area contributed by atoms with Crippen molar-refractivity contribution in [3.05, 3.63) is 35.9 Å². The molecule has 0 aliphatic heterocycles. The van der Waals surface area contributed by atoms with E-state index in [1.807, 2.05) is 44.2 Å². The van der Waals surface area contributed by atoms with Crippen LogP contribution in [0.4, 0.5) is 0 Å². The quantitative estimate of drug-likeness (QED) is 0.694. The molecular weight excluding hydrogens is 204 g/mol. The van der Waals surface area contributed by atoms with Crippen LogP contribution in [-0.2, 0) is 20.9 Å². The van der Waals surface area contributed by atoms with Gasteiger partial charge in [-0.05, 0) is 18.9 Å². The van der Waals surface area contributed by atoms with Gasteiger partial charge in [-0.25, -0.2) is 4.79 Å². The summed E-state index contributed by atoms with van der Waals surface area (Å²) in [6, 6.07) is 9.74. The van der Waals surface area contributed by atoms with E-state index in [0.29, 0.717) is 6.61 Å². The molecule has 0 N–H and O–H groups in total. The Hall–Kier alpha value is -1.35. The van der Waals surface area contributed by atoms with Crippen molar-refractivity contribution >= 4 is 5.97 Å². The molecule has 3 heteroatoms. The average molecular weight is 222 g/mol. The zero-order valence-corrected chi connectivity index (χ0v) is 9.81. The Morgan fingerprint density at radius 1 is 1.31 bits per heavy atom. The molecular formula is C13H18O3. The van der Waals surface area contributed by atoms with Crippen molar-refractivity contribution in [3.8, 4) is 0 Å². The first-order valence-corrected chi connectivity index (χ1v) is 5.53. The smallest absolute Gasteiger partial charge is 0.332 e. The van der Waals surface area contributed by atoms with E-state index >= 15 is 0 Å². The third-order valence-electron chi connectivity index (χ3n) is 2.24. The highest BCUT2D eigenvalue weighted by Gasteiger charge is 2.07. The van der Waals surface area contributed by atoms with Gasteiger partial charge in [0.25, 0.3) is 0 Å². The van der Waals surface area contributed by atoms with Crippen LogP contribution in [0.5, 0.6) is 0 Å². The number of rotatable bonds is 6. The molecule has 16 heavy (non-hydrogen) atoms. The number of benzene rings is 1. The number of hydrogen-bond donors (Lipinski definition) is 0. The summed E-state index contributed by atoms with van der Waals surface area (Å²) in [5, 5.41) is 0. The van der Waals surface area contributed by atoms with E-state index in [-0.39, 0.29) is 18.7 Å². The Balaban J connectivity index is 2.18. The Labute approximate surface area is 96.4 Å². The highest BCUT2D eigenvalue weighted by Crippen LogP contribution is 2.01. The van der Waals surface area contributed by atoms with Crippen LogP contribution in [0.3, 0.4) is 0 Å². The number of carbonyl (C=O) groups is 1. The molecule has 3 nitrogen and oxygen atoms in total. The van der Waals surface area contributed by atoms with Crippen molar-refractivity contribution in [1.29, 1.82) is 0 Å². The minimum absolute atomic E-state index is 0.0131. The molecule has 0 saturated heterocycles. The summed E-state index contributed by atoms with van der Waals surface area (Å²) in [6.07, 6.45) is 0.789. The molecule has 0 fully saturated rings. The van der Waals surface area contributed by atoms with Gasteiger partial charge in [0.2, 0.25) is 0 Å². The monoisotopic (exact) mass is 222 g/mol. The summed E-state index contributed by atoms with van der Waals surface area (Å²) in [5.74, 6) is -0.301. The minimum Gasteiger partial charge on any atom is -0.461 e. The van der Waals surface area contributed by atoms with Crippen LogP contribution < -0.4 is 0 Å². The molecule has 0 radical (unpaired) electrons. The van der Waals surface area contributed by atoms with Gasteiger partial charge in [0, 0.05) is 0 Å². The van der Waals surface area contributed by atoms with E-state index < -0.39 is 0 Å². The van der Waals surface area contributed by atoms with Crippen molar-refractivity contribution in [2.24, 2.45) is 0 Å². The van der Waals surface area contributed by atoms with Gasteiger partial charge in [-0.15, -0.1) is 0 Å². The molecule has 0 bridgehead atoms. The maximum Gasteiger partial charge on any atom is 0.332 e. The zero-order valence-electron chi connectivity index (χ0n) is 9.81. The lowest BCUT2D eigenvalue weighted by molar-refractivity contribution is -0.154. The zero-order chi connectivity index (χ0) is 11.8. The normalized spacial score (nSPS) is 12.1. The molecule has 0 aliphatic rings. The molecule has 0 aliphatic carbocycles. The summed E-state index contributed by atoms with van der Waals surface area (Å²) in [4.78, 5) is 11.3. The molecule has 1 rings (SSSR count). The lowest BCUT2D eigenvalue weighted by Crippen LogP contribution is -2.18. The van der Waals surface area contributed by atoms with E-state index in [9.17, 15) is 4.79 Å². The SMILES string of the molecule is CCC(C)OC(=O)COCc1ccccc1. The van der Waals surface area contributed by atoms with Crippen molar-refractivity contribution in [3.63, 3.8) is 0 Å². The fourth-order valence-corrected chi connectivity index (χ4v) is 1.17. The number of esters is 1. The van der Waals surface area contributed by atoms with E-state index in [1.54, 1.807) is 0 Å². The second-order valence-electron chi connectivity index (χ2n) is 3.69. The number of ether oxygens (including phenoxy) is 2. The highest BCUT2D eigenvalue weighted by molar-refractivity contribution is 5.70. The average Bonchev–Trinajstić information content (AvgIpc) is 2.30. The van der Waals surface area contributed by atoms with Gasteiger partial charge >= 0.3 is 5.97 Å². The lowest BCUT2D eigenvalue weighted by atomic mass is 10.2. The summed E-state index contributed by atoms with van der Waals surface area (Å²) in [5.41, 5.74) is 1.05.